The van der Waals surface area contributed by atoms with E-state index < -0.39 is 34.2 Å². The van der Waals surface area contributed by atoms with Crippen LogP contribution in [0.5, 0.6) is 0 Å². The molecule has 3 aliphatic rings. The highest BCUT2D eigenvalue weighted by Gasteiger charge is 2.63. The first kappa shape index (κ1) is 24.6. The number of nitrogens with zero attached hydrogens (tertiary/aromatic N) is 4. The second-order valence-corrected chi connectivity index (χ2v) is 10.4. The zero-order valence-corrected chi connectivity index (χ0v) is 21.6. The standard InChI is InChI=1S/C29H27N5O5/c1-18-8-10-23(19(2)14-18)33-27(36)29(26(35)30-28(33)37)16-20-15-22(34(38)39)9-11-24(20)32-13-12-31(17-25(29)32)21-6-4-3-5-7-21/h3-11,14-15,25H,12-13,16-17H2,1-2H3,(H,30,35,37). The maximum Gasteiger partial charge on any atom is 0.335 e. The van der Waals surface area contributed by atoms with E-state index in [9.17, 15) is 24.5 Å². The number of benzene rings is 3. The number of fused-ring (bicyclic) bond motifs is 4. The monoisotopic (exact) mass is 525 g/mol. The number of rotatable bonds is 3. The van der Waals surface area contributed by atoms with Gasteiger partial charge in [-0.3, -0.25) is 25.0 Å². The van der Waals surface area contributed by atoms with Crippen molar-refractivity contribution in [2.75, 3.05) is 34.3 Å². The fourth-order valence-corrected chi connectivity index (χ4v) is 6.27. The molecule has 10 nitrogen and oxygen atoms in total. The number of non-ortho nitro benzene ring substituents is 1. The van der Waals surface area contributed by atoms with E-state index in [0.717, 1.165) is 27.4 Å². The number of aryl methyl sites for hydroxylation is 2. The van der Waals surface area contributed by atoms with Gasteiger partial charge in [0.05, 0.1) is 16.7 Å². The van der Waals surface area contributed by atoms with Gasteiger partial charge in [-0.1, -0.05) is 35.9 Å². The summed E-state index contributed by atoms with van der Waals surface area (Å²) in [6.07, 6.45) is -0.0623. The predicted octanol–water partition coefficient (Wildman–Crippen LogP) is 3.73. The van der Waals surface area contributed by atoms with Gasteiger partial charge >= 0.3 is 6.03 Å². The van der Waals surface area contributed by atoms with Crippen LogP contribution in [0, 0.1) is 29.4 Å². The van der Waals surface area contributed by atoms with Crippen molar-refractivity contribution in [2.45, 2.75) is 26.3 Å². The molecule has 6 rings (SSSR count). The van der Waals surface area contributed by atoms with Crippen molar-refractivity contribution >= 4 is 40.6 Å². The highest BCUT2D eigenvalue weighted by molar-refractivity contribution is 6.31. The number of amides is 4. The summed E-state index contributed by atoms with van der Waals surface area (Å²) in [6.45, 7) is 5.21. The van der Waals surface area contributed by atoms with Crippen molar-refractivity contribution in [3.05, 3.63) is 93.5 Å². The number of nitro groups is 1. The average Bonchev–Trinajstić information content (AvgIpc) is 2.92. The fourth-order valence-electron chi connectivity index (χ4n) is 6.27. The lowest BCUT2D eigenvalue weighted by atomic mass is 9.67. The Morgan fingerprint density at radius 1 is 0.949 bits per heavy atom. The Morgan fingerprint density at radius 2 is 1.69 bits per heavy atom. The van der Waals surface area contributed by atoms with Crippen LogP contribution >= 0.6 is 0 Å². The minimum Gasteiger partial charge on any atom is -0.368 e. The molecule has 1 N–H and O–H groups in total. The number of carbonyl (C=O) groups excluding carboxylic acids is 3. The van der Waals surface area contributed by atoms with E-state index in [2.05, 4.69) is 10.2 Å². The Bertz CT molecular complexity index is 1540. The first-order valence-electron chi connectivity index (χ1n) is 12.8. The van der Waals surface area contributed by atoms with Crippen LogP contribution in [0.2, 0.25) is 0 Å². The lowest BCUT2D eigenvalue weighted by molar-refractivity contribution is -0.384. The van der Waals surface area contributed by atoms with Gasteiger partial charge in [0.1, 0.15) is 0 Å². The van der Waals surface area contributed by atoms with Crippen molar-refractivity contribution in [3.63, 3.8) is 0 Å². The number of barbiturate groups is 1. The second-order valence-electron chi connectivity index (χ2n) is 10.4. The summed E-state index contributed by atoms with van der Waals surface area (Å²) in [4.78, 5) is 57.9. The number of urea groups is 1. The van der Waals surface area contributed by atoms with Gasteiger partial charge in [-0.2, -0.15) is 0 Å². The number of piperazine rings is 1. The quantitative estimate of drug-likeness (QED) is 0.315. The maximum atomic E-state index is 14.6. The van der Waals surface area contributed by atoms with Gasteiger partial charge in [-0.25, -0.2) is 9.69 Å². The molecule has 2 saturated heterocycles. The minimum atomic E-state index is -1.68. The van der Waals surface area contributed by atoms with Crippen LogP contribution in [0.4, 0.5) is 27.5 Å². The summed E-state index contributed by atoms with van der Waals surface area (Å²) in [6, 6.07) is 18.3. The first-order valence-corrected chi connectivity index (χ1v) is 12.8. The molecule has 198 valence electrons. The molecule has 3 aliphatic heterocycles. The second kappa shape index (κ2) is 8.93. The van der Waals surface area contributed by atoms with Crippen LogP contribution < -0.4 is 20.0 Å². The SMILES string of the molecule is Cc1ccc(N2C(=O)NC(=O)C3(Cc4cc([N+](=O)[O-])ccc4N4CCN(c5ccccc5)CC43)C2=O)c(C)c1. The van der Waals surface area contributed by atoms with Crippen LogP contribution in [-0.4, -0.2) is 48.4 Å². The smallest absolute Gasteiger partial charge is 0.335 e. The highest BCUT2D eigenvalue weighted by Crippen LogP contribution is 2.47. The molecule has 3 aromatic carbocycles. The molecule has 3 aromatic rings. The normalized spacial score (nSPS) is 22.5. The van der Waals surface area contributed by atoms with Gasteiger partial charge in [0.15, 0.2) is 5.41 Å². The molecule has 2 unspecified atom stereocenters. The molecule has 2 fully saturated rings. The van der Waals surface area contributed by atoms with Gasteiger partial charge in [0.2, 0.25) is 5.91 Å². The van der Waals surface area contributed by atoms with Crippen LogP contribution in [0.25, 0.3) is 0 Å². The van der Waals surface area contributed by atoms with E-state index in [1.807, 2.05) is 61.2 Å². The number of hydrogen-bond donors (Lipinski definition) is 1. The summed E-state index contributed by atoms with van der Waals surface area (Å²) in [5.74, 6) is -1.30. The van der Waals surface area contributed by atoms with Gasteiger partial charge in [-0.15, -0.1) is 0 Å². The van der Waals surface area contributed by atoms with Gasteiger partial charge in [0.25, 0.3) is 11.6 Å². The molecule has 0 aliphatic carbocycles. The fraction of sp³-hybridized carbons (Fsp3) is 0.276. The molecule has 1 spiro atoms. The molecule has 0 saturated carbocycles. The molecule has 0 aromatic heterocycles. The van der Waals surface area contributed by atoms with Crippen molar-refractivity contribution in [3.8, 4) is 0 Å². The number of anilines is 3. The minimum absolute atomic E-state index is 0.0623. The third-order valence-corrected chi connectivity index (χ3v) is 8.13. The zero-order chi connectivity index (χ0) is 27.5. The number of nitro benzene ring substituents is 1. The van der Waals surface area contributed by atoms with E-state index in [1.54, 1.807) is 12.1 Å². The Morgan fingerprint density at radius 3 is 2.41 bits per heavy atom. The summed E-state index contributed by atoms with van der Waals surface area (Å²) < 4.78 is 0. The molecule has 2 atom stereocenters. The molecule has 4 amide bonds. The highest BCUT2D eigenvalue weighted by atomic mass is 16.6. The molecule has 0 radical (unpaired) electrons. The molecule has 0 bridgehead atoms. The molecule has 3 heterocycles. The molecular formula is C29H27N5O5. The lowest BCUT2D eigenvalue weighted by Gasteiger charge is -2.55. The summed E-state index contributed by atoms with van der Waals surface area (Å²) in [7, 11) is 0. The van der Waals surface area contributed by atoms with E-state index in [4.69, 9.17) is 0 Å². The van der Waals surface area contributed by atoms with Crippen molar-refractivity contribution < 1.29 is 19.3 Å². The van der Waals surface area contributed by atoms with E-state index in [0.29, 0.717) is 30.9 Å². The molecule has 10 heteroatoms. The largest absolute Gasteiger partial charge is 0.368 e. The van der Waals surface area contributed by atoms with Crippen LogP contribution in [0.15, 0.2) is 66.7 Å². The maximum absolute atomic E-state index is 14.6. The number of para-hydroxylation sites is 1. The number of imide groups is 2. The Hall–Kier alpha value is -4.73. The van der Waals surface area contributed by atoms with Crippen LogP contribution in [-0.2, 0) is 16.0 Å². The number of carbonyl (C=O) groups is 3. The average molecular weight is 526 g/mol. The Balaban J connectivity index is 1.52. The summed E-state index contributed by atoms with van der Waals surface area (Å²) in [5, 5.41) is 14.1. The topological polar surface area (TPSA) is 116 Å². The molecular weight excluding hydrogens is 498 g/mol. The van der Waals surface area contributed by atoms with Gasteiger partial charge in [0, 0.05) is 49.6 Å². The van der Waals surface area contributed by atoms with Crippen LogP contribution in [0.1, 0.15) is 16.7 Å². The van der Waals surface area contributed by atoms with E-state index in [1.165, 1.54) is 12.1 Å². The van der Waals surface area contributed by atoms with Gasteiger partial charge in [-0.05, 0) is 49.2 Å². The van der Waals surface area contributed by atoms with E-state index in [-0.39, 0.29) is 12.1 Å². The summed E-state index contributed by atoms with van der Waals surface area (Å²) in [5.41, 5.74) is 2.57. The van der Waals surface area contributed by atoms with Crippen molar-refractivity contribution in [1.29, 1.82) is 0 Å². The van der Waals surface area contributed by atoms with E-state index >= 15 is 0 Å². The third-order valence-electron chi connectivity index (χ3n) is 8.13. The summed E-state index contributed by atoms with van der Waals surface area (Å²) >= 11 is 0. The lowest BCUT2D eigenvalue weighted by Crippen LogP contribution is -2.75. The Kier molecular flexibility index (Phi) is 5.64. The number of nitrogens with one attached hydrogen (secondary N) is 1. The third kappa shape index (κ3) is 3.74. The molecule has 39 heavy (non-hydrogen) atoms. The zero-order valence-electron chi connectivity index (χ0n) is 21.6. The van der Waals surface area contributed by atoms with Crippen molar-refractivity contribution in [1.82, 2.24) is 5.32 Å². The van der Waals surface area contributed by atoms with Gasteiger partial charge < -0.3 is 9.80 Å². The Labute approximate surface area is 225 Å². The van der Waals surface area contributed by atoms with Crippen LogP contribution in [0.3, 0.4) is 0 Å². The number of hydrogen-bond acceptors (Lipinski definition) is 7. The first-order chi connectivity index (χ1) is 18.7. The predicted molar refractivity (Wildman–Crippen MR) is 146 cm³/mol. The van der Waals surface area contributed by atoms with Crippen molar-refractivity contribution in [2.24, 2.45) is 5.41 Å².